The van der Waals surface area contributed by atoms with Gasteiger partial charge < -0.3 is 14.5 Å². The number of hydrogen-bond acceptors (Lipinski definition) is 6. The van der Waals surface area contributed by atoms with E-state index in [4.69, 9.17) is 9.15 Å². The highest BCUT2D eigenvalue weighted by Crippen LogP contribution is 2.35. The Morgan fingerprint density at radius 3 is 2.44 bits per heavy atom. The van der Waals surface area contributed by atoms with Gasteiger partial charge >= 0.3 is 0 Å². The van der Waals surface area contributed by atoms with Crippen molar-refractivity contribution in [1.82, 2.24) is 4.98 Å². The minimum absolute atomic E-state index is 0.0881. The molecule has 1 heterocycles. The molecule has 0 spiro atoms. The largest absolute Gasteiger partial charge is 0.493 e. The number of nitrogens with one attached hydrogen (secondary N) is 1. The van der Waals surface area contributed by atoms with Crippen LogP contribution in [0.2, 0.25) is 0 Å². The number of anilines is 1. The molecule has 3 aromatic rings. The van der Waals surface area contributed by atoms with Gasteiger partial charge in [0.2, 0.25) is 26.6 Å². The van der Waals surface area contributed by atoms with Gasteiger partial charge in [-0.3, -0.25) is 0 Å². The maximum absolute atomic E-state index is 12.9. The lowest BCUT2D eigenvalue weighted by molar-refractivity contribution is 0.340. The van der Waals surface area contributed by atoms with E-state index < -0.39 is 9.84 Å². The van der Waals surface area contributed by atoms with Gasteiger partial charge in [-0.2, -0.15) is 4.98 Å². The molecule has 0 bridgehead atoms. The number of benzene rings is 2. The van der Waals surface area contributed by atoms with Gasteiger partial charge in [0.25, 0.3) is 0 Å². The summed E-state index contributed by atoms with van der Waals surface area (Å²) >= 11 is 0. The number of ether oxygens (including phenoxy) is 1. The molecule has 0 aliphatic carbocycles. The average Bonchev–Trinajstić information content (AvgIpc) is 3.08. The normalized spacial score (nSPS) is 11.3. The van der Waals surface area contributed by atoms with E-state index in [-0.39, 0.29) is 21.7 Å². The van der Waals surface area contributed by atoms with E-state index in [1.54, 1.807) is 37.4 Å². The zero-order valence-corrected chi connectivity index (χ0v) is 14.7. The first-order valence-electron chi connectivity index (χ1n) is 7.78. The SMILES string of the molecule is CCOc1ccccc1-c1nc(S(=O)(=O)c2ccccc2)c(NC)o1. The molecule has 0 radical (unpaired) electrons. The van der Waals surface area contributed by atoms with Crippen molar-refractivity contribution >= 4 is 15.7 Å². The van der Waals surface area contributed by atoms with Crippen molar-refractivity contribution in [1.29, 1.82) is 0 Å². The molecule has 6 nitrogen and oxygen atoms in total. The van der Waals surface area contributed by atoms with Crippen molar-refractivity contribution in [3.8, 4) is 17.2 Å². The Kier molecular flexibility index (Phi) is 4.76. The van der Waals surface area contributed by atoms with Crippen LogP contribution in [0.15, 0.2) is 68.9 Å². The first kappa shape index (κ1) is 17.0. The second-order valence-corrected chi connectivity index (χ2v) is 7.01. The lowest BCUT2D eigenvalue weighted by atomic mass is 10.2. The quantitative estimate of drug-likeness (QED) is 0.725. The van der Waals surface area contributed by atoms with Crippen LogP contribution in [-0.2, 0) is 9.84 Å². The number of hydrogen-bond donors (Lipinski definition) is 1. The highest BCUT2D eigenvalue weighted by molar-refractivity contribution is 7.91. The van der Waals surface area contributed by atoms with Gasteiger partial charge in [-0.05, 0) is 31.2 Å². The summed E-state index contributed by atoms with van der Waals surface area (Å²) in [5, 5.41) is 2.61. The minimum Gasteiger partial charge on any atom is -0.493 e. The van der Waals surface area contributed by atoms with Crippen LogP contribution in [0.25, 0.3) is 11.5 Å². The minimum atomic E-state index is -3.80. The maximum Gasteiger partial charge on any atom is 0.233 e. The molecule has 1 N–H and O–H groups in total. The van der Waals surface area contributed by atoms with Crippen molar-refractivity contribution < 1.29 is 17.6 Å². The molecule has 130 valence electrons. The summed E-state index contributed by atoms with van der Waals surface area (Å²) in [4.78, 5) is 4.40. The van der Waals surface area contributed by atoms with Gasteiger partial charge in [-0.15, -0.1) is 0 Å². The highest BCUT2D eigenvalue weighted by atomic mass is 32.2. The summed E-state index contributed by atoms with van der Waals surface area (Å²) < 4.78 is 37.0. The molecular weight excluding hydrogens is 340 g/mol. The van der Waals surface area contributed by atoms with Crippen LogP contribution in [0.5, 0.6) is 5.75 Å². The summed E-state index contributed by atoms with van der Waals surface area (Å²) in [7, 11) is -2.22. The molecule has 3 rings (SSSR count). The zero-order chi connectivity index (χ0) is 17.9. The lowest BCUT2D eigenvalue weighted by Crippen LogP contribution is -2.05. The second kappa shape index (κ2) is 6.98. The summed E-state index contributed by atoms with van der Waals surface area (Å²) in [6.07, 6.45) is 0. The summed E-state index contributed by atoms with van der Waals surface area (Å²) in [5.74, 6) is 0.852. The molecule has 0 saturated carbocycles. The first-order chi connectivity index (χ1) is 12.1. The second-order valence-electron chi connectivity index (χ2n) is 5.15. The van der Waals surface area contributed by atoms with Gasteiger partial charge in [0.15, 0.2) is 0 Å². The molecule has 0 aliphatic heterocycles. The Hall–Kier alpha value is -2.80. The monoisotopic (exact) mass is 358 g/mol. The molecule has 0 atom stereocenters. The van der Waals surface area contributed by atoms with E-state index in [1.807, 2.05) is 19.1 Å². The average molecular weight is 358 g/mol. The van der Waals surface area contributed by atoms with Crippen LogP contribution in [-0.4, -0.2) is 27.1 Å². The Morgan fingerprint density at radius 2 is 1.76 bits per heavy atom. The van der Waals surface area contributed by atoms with E-state index in [9.17, 15) is 8.42 Å². The van der Waals surface area contributed by atoms with Crippen LogP contribution in [0.4, 0.5) is 5.88 Å². The fourth-order valence-electron chi connectivity index (χ4n) is 2.40. The van der Waals surface area contributed by atoms with Crippen LogP contribution in [0.1, 0.15) is 6.92 Å². The van der Waals surface area contributed by atoms with Gasteiger partial charge in [-0.25, -0.2) is 8.42 Å². The van der Waals surface area contributed by atoms with Crippen molar-refractivity contribution in [2.24, 2.45) is 0 Å². The van der Waals surface area contributed by atoms with Crippen LogP contribution < -0.4 is 10.1 Å². The third-order valence-corrected chi connectivity index (χ3v) is 5.23. The zero-order valence-electron chi connectivity index (χ0n) is 13.9. The van der Waals surface area contributed by atoms with Gasteiger partial charge in [-0.1, -0.05) is 30.3 Å². The van der Waals surface area contributed by atoms with E-state index in [0.29, 0.717) is 17.9 Å². The third-order valence-electron chi connectivity index (χ3n) is 3.55. The molecule has 2 aromatic carbocycles. The number of aromatic nitrogens is 1. The molecular formula is C18H18N2O4S. The van der Waals surface area contributed by atoms with E-state index in [1.165, 1.54) is 12.1 Å². The number of nitrogens with zero attached hydrogens (tertiary/aromatic N) is 1. The van der Waals surface area contributed by atoms with Crippen LogP contribution in [0, 0.1) is 0 Å². The Morgan fingerprint density at radius 1 is 1.08 bits per heavy atom. The van der Waals surface area contributed by atoms with Crippen molar-refractivity contribution in [3.05, 3.63) is 54.6 Å². The van der Waals surface area contributed by atoms with Crippen molar-refractivity contribution in [2.75, 3.05) is 19.0 Å². The topological polar surface area (TPSA) is 81.4 Å². The summed E-state index contributed by atoms with van der Waals surface area (Å²) in [5.41, 5.74) is 0.593. The maximum atomic E-state index is 12.9. The van der Waals surface area contributed by atoms with Crippen molar-refractivity contribution in [3.63, 3.8) is 0 Å². The number of rotatable bonds is 6. The van der Waals surface area contributed by atoms with E-state index in [0.717, 1.165) is 0 Å². The number of para-hydroxylation sites is 1. The van der Waals surface area contributed by atoms with Crippen LogP contribution >= 0.6 is 0 Å². The molecule has 25 heavy (non-hydrogen) atoms. The lowest BCUT2D eigenvalue weighted by Gasteiger charge is -2.06. The molecule has 0 unspecified atom stereocenters. The predicted octanol–water partition coefficient (Wildman–Crippen LogP) is 3.61. The molecule has 0 aliphatic rings. The summed E-state index contributed by atoms with van der Waals surface area (Å²) in [6, 6.07) is 15.3. The molecule has 1 aromatic heterocycles. The van der Waals surface area contributed by atoms with Crippen molar-refractivity contribution in [2.45, 2.75) is 16.8 Å². The Balaban J connectivity index is 2.13. The Labute approximate surface area is 146 Å². The highest BCUT2D eigenvalue weighted by Gasteiger charge is 2.28. The molecule has 0 amide bonds. The smallest absolute Gasteiger partial charge is 0.233 e. The van der Waals surface area contributed by atoms with Gasteiger partial charge in [0.05, 0.1) is 17.1 Å². The molecule has 0 saturated heterocycles. The third kappa shape index (κ3) is 3.23. The van der Waals surface area contributed by atoms with Gasteiger partial charge in [0, 0.05) is 7.05 Å². The Bertz CT molecular complexity index is 966. The van der Waals surface area contributed by atoms with E-state index >= 15 is 0 Å². The molecule has 7 heteroatoms. The van der Waals surface area contributed by atoms with E-state index in [2.05, 4.69) is 10.3 Å². The fourth-order valence-corrected chi connectivity index (χ4v) is 3.73. The standard InChI is InChI=1S/C18H18N2O4S/c1-3-23-15-12-8-7-11-14(15)16-20-18(17(19-2)24-16)25(21,22)13-9-5-4-6-10-13/h4-12,19H,3H2,1-2H3. The molecule has 0 fully saturated rings. The fraction of sp³-hybridized carbons (Fsp3) is 0.167. The summed E-state index contributed by atoms with van der Waals surface area (Å²) in [6.45, 7) is 2.35. The predicted molar refractivity (Wildman–Crippen MR) is 94.5 cm³/mol. The number of sulfone groups is 1. The van der Waals surface area contributed by atoms with Crippen LogP contribution in [0.3, 0.4) is 0 Å². The van der Waals surface area contributed by atoms with Gasteiger partial charge in [0.1, 0.15) is 5.75 Å². The number of oxazole rings is 1. The first-order valence-corrected chi connectivity index (χ1v) is 9.27.